The molecule has 0 saturated carbocycles. The molecule has 196 valence electrons. The van der Waals surface area contributed by atoms with Gasteiger partial charge in [0.2, 0.25) is 0 Å². The fourth-order valence-electron chi connectivity index (χ4n) is 4.42. The van der Waals surface area contributed by atoms with Gasteiger partial charge in [-0.3, -0.25) is 13.9 Å². The Morgan fingerprint density at radius 2 is 1.84 bits per heavy atom. The first-order valence-electron chi connectivity index (χ1n) is 12.0. The topological polar surface area (TPSA) is 98.0 Å². The number of hydrogen-bond donors (Lipinski definition) is 0. The van der Waals surface area contributed by atoms with Gasteiger partial charge in [0.1, 0.15) is 6.54 Å². The number of benzene rings is 3. The maximum Gasteiger partial charge on any atom is 0.326 e. The number of hydrogen-bond acceptors (Lipinski definition) is 6. The number of amides is 1. The van der Waals surface area contributed by atoms with Crippen molar-refractivity contribution in [2.75, 3.05) is 17.5 Å². The molecule has 0 radical (unpaired) electrons. The molecule has 0 spiro atoms. The van der Waals surface area contributed by atoms with Crippen LogP contribution in [0.4, 0.5) is 5.69 Å². The van der Waals surface area contributed by atoms with Crippen molar-refractivity contribution in [2.24, 2.45) is 4.99 Å². The molecule has 3 aromatic carbocycles. The van der Waals surface area contributed by atoms with Crippen LogP contribution in [0.15, 0.2) is 76.6 Å². The number of para-hydroxylation sites is 1. The Kier molecular flexibility index (Phi) is 7.38. The Morgan fingerprint density at radius 3 is 2.61 bits per heavy atom. The quantitative estimate of drug-likeness (QED) is 0.311. The SMILES string of the molecule is CCOC(=O)Cn1c(=NC(=O)c2ccc(S(=O)(=O)N3CCCc4ccccc43)cc2)sc2cc(Cl)ccc21. The second-order valence-corrected chi connectivity index (χ2v) is 11.9. The second-order valence-electron chi connectivity index (χ2n) is 8.64. The zero-order valence-corrected chi connectivity index (χ0v) is 22.9. The lowest BCUT2D eigenvalue weighted by Gasteiger charge is -2.30. The average molecular weight is 570 g/mol. The summed E-state index contributed by atoms with van der Waals surface area (Å²) >= 11 is 7.35. The predicted octanol–water partition coefficient (Wildman–Crippen LogP) is 4.80. The summed E-state index contributed by atoms with van der Waals surface area (Å²) in [5.41, 5.74) is 2.60. The fraction of sp³-hybridized carbons (Fsp3) is 0.222. The second kappa shape index (κ2) is 10.7. The van der Waals surface area contributed by atoms with E-state index < -0.39 is 21.9 Å². The molecular formula is C27H24ClN3O5S2. The summed E-state index contributed by atoms with van der Waals surface area (Å²) in [4.78, 5) is 29.9. The summed E-state index contributed by atoms with van der Waals surface area (Å²) in [6.07, 6.45) is 1.56. The molecule has 0 atom stereocenters. The zero-order chi connectivity index (χ0) is 26.9. The van der Waals surface area contributed by atoms with E-state index in [0.717, 1.165) is 23.1 Å². The predicted molar refractivity (Wildman–Crippen MR) is 147 cm³/mol. The molecule has 2 heterocycles. The van der Waals surface area contributed by atoms with E-state index in [9.17, 15) is 18.0 Å². The van der Waals surface area contributed by atoms with Gasteiger partial charge in [-0.25, -0.2) is 8.42 Å². The van der Waals surface area contributed by atoms with Crippen LogP contribution in [0.25, 0.3) is 10.2 Å². The van der Waals surface area contributed by atoms with Crippen LogP contribution in [0.5, 0.6) is 0 Å². The van der Waals surface area contributed by atoms with Crippen molar-refractivity contribution >= 4 is 60.7 Å². The average Bonchev–Trinajstić information content (AvgIpc) is 3.23. The highest BCUT2D eigenvalue weighted by Gasteiger charge is 2.29. The fourth-order valence-corrected chi connectivity index (χ4v) is 7.26. The van der Waals surface area contributed by atoms with E-state index in [1.165, 1.54) is 39.9 Å². The third-order valence-electron chi connectivity index (χ3n) is 6.19. The summed E-state index contributed by atoms with van der Waals surface area (Å²) in [7, 11) is -3.80. The standard InChI is InChI=1S/C27H24ClN3O5S2/c1-2-36-25(32)17-30-23-14-11-20(28)16-24(23)37-27(30)29-26(33)19-9-12-21(13-10-19)38(34,35)31-15-5-7-18-6-3-4-8-22(18)31/h3-4,6,8-14,16H,2,5,7,15,17H2,1H3. The van der Waals surface area contributed by atoms with Crippen molar-refractivity contribution < 1.29 is 22.7 Å². The molecule has 0 aliphatic carbocycles. The number of fused-ring (bicyclic) bond motifs is 2. The number of aromatic nitrogens is 1. The summed E-state index contributed by atoms with van der Waals surface area (Å²) in [6, 6.07) is 18.4. The van der Waals surface area contributed by atoms with Gasteiger partial charge in [-0.05, 0) is 73.9 Å². The maximum absolute atomic E-state index is 13.4. The highest BCUT2D eigenvalue weighted by molar-refractivity contribution is 7.92. The zero-order valence-electron chi connectivity index (χ0n) is 20.5. The number of ether oxygens (including phenoxy) is 1. The largest absolute Gasteiger partial charge is 0.465 e. The Labute approximate surface area is 228 Å². The lowest BCUT2D eigenvalue weighted by Crippen LogP contribution is -2.35. The van der Waals surface area contributed by atoms with Gasteiger partial charge in [-0.1, -0.05) is 41.1 Å². The molecule has 11 heteroatoms. The molecule has 1 amide bonds. The molecule has 1 aliphatic rings. The first-order chi connectivity index (χ1) is 18.3. The first-order valence-corrected chi connectivity index (χ1v) is 14.7. The molecule has 0 bridgehead atoms. The van der Waals surface area contributed by atoms with Crippen molar-refractivity contribution in [2.45, 2.75) is 31.2 Å². The summed E-state index contributed by atoms with van der Waals surface area (Å²) in [5, 5.41) is 0.521. The van der Waals surface area contributed by atoms with Crippen molar-refractivity contribution in [3.8, 4) is 0 Å². The number of aryl methyl sites for hydroxylation is 1. The van der Waals surface area contributed by atoms with Crippen LogP contribution in [0.2, 0.25) is 5.02 Å². The van der Waals surface area contributed by atoms with Gasteiger partial charge >= 0.3 is 5.97 Å². The van der Waals surface area contributed by atoms with Crippen LogP contribution >= 0.6 is 22.9 Å². The highest BCUT2D eigenvalue weighted by atomic mass is 35.5. The van der Waals surface area contributed by atoms with Crippen molar-refractivity contribution in [1.29, 1.82) is 0 Å². The lowest BCUT2D eigenvalue weighted by atomic mass is 10.0. The van der Waals surface area contributed by atoms with Crippen LogP contribution in [-0.4, -0.2) is 38.0 Å². The first kappa shape index (κ1) is 26.1. The summed E-state index contributed by atoms with van der Waals surface area (Å²) in [6.45, 7) is 2.23. The number of carbonyl (C=O) groups is 2. The molecular weight excluding hydrogens is 546 g/mol. The van der Waals surface area contributed by atoms with Gasteiger partial charge in [0.25, 0.3) is 15.9 Å². The maximum atomic E-state index is 13.4. The number of carbonyl (C=O) groups excluding carboxylic acids is 2. The third-order valence-corrected chi connectivity index (χ3v) is 9.30. The number of thiazole rings is 1. The van der Waals surface area contributed by atoms with E-state index in [2.05, 4.69) is 4.99 Å². The smallest absolute Gasteiger partial charge is 0.326 e. The van der Waals surface area contributed by atoms with Crippen molar-refractivity contribution in [1.82, 2.24) is 4.57 Å². The molecule has 0 N–H and O–H groups in total. The van der Waals surface area contributed by atoms with E-state index in [4.69, 9.17) is 16.3 Å². The molecule has 0 fully saturated rings. The van der Waals surface area contributed by atoms with Crippen LogP contribution in [-0.2, 0) is 32.5 Å². The number of halogens is 1. The molecule has 38 heavy (non-hydrogen) atoms. The van der Waals surface area contributed by atoms with Crippen LogP contribution in [0.1, 0.15) is 29.3 Å². The summed E-state index contributed by atoms with van der Waals surface area (Å²) < 4.78 is 35.7. The molecule has 0 unspecified atom stereocenters. The monoisotopic (exact) mass is 569 g/mol. The van der Waals surface area contributed by atoms with Gasteiger partial charge in [-0.2, -0.15) is 4.99 Å². The third kappa shape index (κ3) is 5.11. The van der Waals surface area contributed by atoms with Crippen LogP contribution in [0.3, 0.4) is 0 Å². The Balaban J connectivity index is 1.46. The Bertz CT molecular complexity index is 1710. The van der Waals surface area contributed by atoms with E-state index in [1.807, 2.05) is 24.3 Å². The van der Waals surface area contributed by atoms with Gasteiger partial charge < -0.3 is 9.30 Å². The molecule has 8 nitrogen and oxygen atoms in total. The summed E-state index contributed by atoms with van der Waals surface area (Å²) in [5.74, 6) is -1.02. The van der Waals surface area contributed by atoms with Gasteiger partial charge in [0.15, 0.2) is 4.80 Å². The molecule has 5 rings (SSSR count). The van der Waals surface area contributed by atoms with Gasteiger partial charge in [-0.15, -0.1) is 0 Å². The number of sulfonamides is 1. The minimum Gasteiger partial charge on any atom is -0.465 e. The number of anilines is 1. The minimum absolute atomic E-state index is 0.0969. The normalized spacial score (nSPS) is 13.9. The van der Waals surface area contributed by atoms with E-state index in [0.29, 0.717) is 27.6 Å². The van der Waals surface area contributed by atoms with Crippen LogP contribution < -0.4 is 9.11 Å². The van der Waals surface area contributed by atoms with Crippen LogP contribution in [0, 0.1) is 0 Å². The number of rotatable bonds is 6. The minimum atomic E-state index is -3.80. The van der Waals surface area contributed by atoms with E-state index in [-0.39, 0.29) is 23.6 Å². The van der Waals surface area contributed by atoms with Gasteiger partial charge in [0, 0.05) is 17.1 Å². The molecule has 1 aliphatic heterocycles. The molecule has 4 aromatic rings. The van der Waals surface area contributed by atoms with E-state index >= 15 is 0 Å². The van der Waals surface area contributed by atoms with Crippen molar-refractivity contribution in [3.05, 3.63) is 87.7 Å². The number of nitrogens with zero attached hydrogens (tertiary/aromatic N) is 3. The lowest BCUT2D eigenvalue weighted by molar-refractivity contribution is -0.143. The number of esters is 1. The molecule has 0 saturated heterocycles. The Morgan fingerprint density at radius 1 is 1.08 bits per heavy atom. The van der Waals surface area contributed by atoms with E-state index in [1.54, 1.807) is 29.7 Å². The molecule has 1 aromatic heterocycles. The highest BCUT2D eigenvalue weighted by Crippen LogP contribution is 2.32. The van der Waals surface area contributed by atoms with Gasteiger partial charge in [0.05, 0.1) is 27.4 Å². The Hall–Kier alpha value is -3.47. The van der Waals surface area contributed by atoms with Crippen molar-refractivity contribution in [3.63, 3.8) is 0 Å².